The zero-order valence-electron chi connectivity index (χ0n) is 12.4. The van der Waals surface area contributed by atoms with Gasteiger partial charge in [-0.2, -0.15) is 0 Å². The molecule has 0 spiro atoms. The second kappa shape index (κ2) is 7.63. The Morgan fingerprint density at radius 2 is 2.14 bits per heavy atom. The monoisotopic (exact) mass is 405 g/mol. The highest BCUT2D eigenvalue weighted by Gasteiger charge is 2.10. The average Bonchev–Trinajstić information content (AvgIpc) is 2.71. The van der Waals surface area contributed by atoms with E-state index in [2.05, 4.69) is 24.2 Å². The molecule has 0 aliphatic heterocycles. The lowest BCUT2D eigenvalue weighted by atomic mass is 10.1. The summed E-state index contributed by atoms with van der Waals surface area (Å²) in [7, 11) is 0. The number of aryl methyl sites for hydroxylation is 1. The maximum atomic E-state index is 13.2. The number of nitrogens with one attached hydrogen (secondary N) is 1. The van der Waals surface area contributed by atoms with E-state index < -0.39 is 0 Å². The molecule has 6 heteroatoms. The molecule has 1 heterocycles. The Hall–Kier alpha value is -1.31. The van der Waals surface area contributed by atoms with Gasteiger partial charge in [0.2, 0.25) is 0 Å². The van der Waals surface area contributed by atoms with E-state index in [1.165, 1.54) is 12.1 Å². The fourth-order valence-corrected chi connectivity index (χ4v) is 1.92. The Balaban J connectivity index is 0.00000220. The van der Waals surface area contributed by atoms with Crippen molar-refractivity contribution in [3.05, 3.63) is 35.3 Å². The third kappa shape index (κ3) is 4.59. The van der Waals surface area contributed by atoms with Crippen LogP contribution in [-0.4, -0.2) is 12.5 Å². The van der Waals surface area contributed by atoms with Crippen molar-refractivity contribution in [2.24, 2.45) is 16.6 Å². The Morgan fingerprint density at radius 1 is 1.43 bits per heavy atom. The van der Waals surface area contributed by atoms with Gasteiger partial charge < -0.3 is 15.5 Å². The van der Waals surface area contributed by atoms with Crippen LogP contribution in [0.4, 0.5) is 4.39 Å². The first-order valence-electron chi connectivity index (χ1n) is 6.68. The van der Waals surface area contributed by atoms with E-state index in [0.717, 1.165) is 17.5 Å². The number of fused-ring (bicyclic) bond motifs is 1. The molecule has 21 heavy (non-hydrogen) atoms. The van der Waals surface area contributed by atoms with Crippen LogP contribution in [0.15, 0.2) is 27.6 Å². The molecule has 3 N–H and O–H groups in total. The predicted molar refractivity (Wildman–Crippen MR) is 94.5 cm³/mol. The third-order valence-electron chi connectivity index (χ3n) is 3.08. The SMILES string of the molecule is Cc1c(CN=C(N)NCC(C)C)oc2ccc(F)cc12.I. The van der Waals surface area contributed by atoms with E-state index >= 15 is 0 Å². The highest BCUT2D eigenvalue weighted by atomic mass is 127. The lowest BCUT2D eigenvalue weighted by Crippen LogP contribution is -2.34. The predicted octanol–water partition coefficient (Wildman–Crippen LogP) is 3.56. The van der Waals surface area contributed by atoms with Crippen molar-refractivity contribution in [2.75, 3.05) is 6.54 Å². The molecule has 1 aromatic carbocycles. The Kier molecular flexibility index (Phi) is 6.44. The minimum absolute atomic E-state index is 0. The Morgan fingerprint density at radius 3 is 2.81 bits per heavy atom. The van der Waals surface area contributed by atoms with Crippen molar-refractivity contribution in [3.63, 3.8) is 0 Å². The molecule has 0 saturated heterocycles. The van der Waals surface area contributed by atoms with Gasteiger partial charge in [0.15, 0.2) is 5.96 Å². The summed E-state index contributed by atoms with van der Waals surface area (Å²) in [6.07, 6.45) is 0. The van der Waals surface area contributed by atoms with Gasteiger partial charge in [-0.3, -0.25) is 0 Å². The molecule has 0 unspecified atom stereocenters. The van der Waals surface area contributed by atoms with Gasteiger partial charge in [-0.1, -0.05) is 13.8 Å². The molecule has 0 amide bonds. The number of guanidine groups is 1. The van der Waals surface area contributed by atoms with Gasteiger partial charge in [0.05, 0.1) is 0 Å². The molecule has 116 valence electrons. The molecule has 0 aliphatic carbocycles. The summed E-state index contributed by atoms with van der Waals surface area (Å²) in [6, 6.07) is 4.49. The number of nitrogens with zero attached hydrogens (tertiary/aromatic N) is 1. The number of aliphatic imine (C=N–C) groups is 1. The van der Waals surface area contributed by atoms with Gasteiger partial charge in [0.1, 0.15) is 23.7 Å². The minimum atomic E-state index is -0.269. The number of hydrogen-bond acceptors (Lipinski definition) is 2. The summed E-state index contributed by atoms with van der Waals surface area (Å²) < 4.78 is 18.9. The standard InChI is InChI=1S/C15H20FN3O.HI/c1-9(2)7-18-15(17)19-8-14-10(3)12-6-11(16)4-5-13(12)20-14;/h4-6,9H,7-8H2,1-3H3,(H3,17,18,19);1H. The van der Waals surface area contributed by atoms with Crippen LogP contribution in [0.5, 0.6) is 0 Å². The molecule has 2 rings (SSSR count). The summed E-state index contributed by atoms with van der Waals surface area (Å²) in [5, 5.41) is 3.82. The zero-order valence-corrected chi connectivity index (χ0v) is 14.8. The fraction of sp³-hybridized carbons (Fsp3) is 0.400. The molecule has 0 saturated carbocycles. The van der Waals surface area contributed by atoms with Crippen LogP contribution in [0.25, 0.3) is 11.0 Å². The molecule has 0 aliphatic rings. The van der Waals surface area contributed by atoms with Crippen molar-refractivity contribution >= 4 is 40.9 Å². The summed E-state index contributed by atoms with van der Waals surface area (Å²) in [5.41, 5.74) is 7.35. The molecule has 0 bridgehead atoms. The second-order valence-electron chi connectivity index (χ2n) is 5.27. The normalized spacial score (nSPS) is 11.8. The number of furan rings is 1. The molecule has 2 aromatic rings. The Bertz CT molecular complexity index is 637. The van der Waals surface area contributed by atoms with Crippen molar-refractivity contribution in [1.82, 2.24) is 5.32 Å². The van der Waals surface area contributed by atoms with E-state index in [-0.39, 0.29) is 29.8 Å². The quantitative estimate of drug-likeness (QED) is 0.465. The number of nitrogens with two attached hydrogens (primary N) is 1. The van der Waals surface area contributed by atoms with Crippen LogP contribution >= 0.6 is 24.0 Å². The molecule has 4 nitrogen and oxygen atoms in total. The summed E-state index contributed by atoms with van der Waals surface area (Å²) in [4.78, 5) is 4.24. The first kappa shape index (κ1) is 17.7. The van der Waals surface area contributed by atoms with E-state index in [9.17, 15) is 4.39 Å². The van der Waals surface area contributed by atoms with E-state index in [1.807, 2.05) is 6.92 Å². The van der Waals surface area contributed by atoms with Gasteiger partial charge in [-0.05, 0) is 31.0 Å². The van der Waals surface area contributed by atoms with Crippen molar-refractivity contribution in [3.8, 4) is 0 Å². The first-order valence-corrected chi connectivity index (χ1v) is 6.68. The number of halogens is 2. The largest absolute Gasteiger partial charge is 0.459 e. The molecule has 1 aromatic heterocycles. The van der Waals surface area contributed by atoms with E-state index in [1.54, 1.807) is 6.07 Å². The van der Waals surface area contributed by atoms with Crippen molar-refractivity contribution in [2.45, 2.75) is 27.3 Å². The molecule has 0 radical (unpaired) electrons. The molecule has 0 atom stereocenters. The van der Waals surface area contributed by atoms with Crippen molar-refractivity contribution < 1.29 is 8.81 Å². The highest BCUT2D eigenvalue weighted by molar-refractivity contribution is 14.0. The van der Waals surface area contributed by atoms with Gasteiger partial charge in [0, 0.05) is 17.5 Å². The summed E-state index contributed by atoms with van der Waals surface area (Å²) in [6.45, 7) is 7.21. The smallest absolute Gasteiger partial charge is 0.189 e. The van der Waals surface area contributed by atoms with E-state index in [0.29, 0.717) is 29.8 Å². The van der Waals surface area contributed by atoms with Gasteiger partial charge >= 0.3 is 0 Å². The minimum Gasteiger partial charge on any atom is -0.459 e. The van der Waals surface area contributed by atoms with Crippen LogP contribution in [0.2, 0.25) is 0 Å². The zero-order chi connectivity index (χ0) is 14.7. The lowest BCUT2D eigenvalue weighted by Gasteiger charge is -2.07. The van der Waals surface area contributed by atoms with Crippen LogP contribution < -0.4 is 11.1 Å². The Labute approximate surface area is 141 Å². The van der Waals surface area contributed by atoms with Crippen LogP contribution in [-0.2, 0) is 6.54 Å². The molecule has 0 fully saturated rings. The first-order chi connectivity index (χ1) is 9.47. The second-order valence-corrected chi connectivity index (χ2v) is 5.27. The molecular formula is C15H21FIN3O. The lowest BCUT2D eigenvalue weighted by molar-refractivity contribution is 0.547. The highest BCUT2D eigenvalue weighted by Crippen LogP contribution is 2.26. The van der Waals surface area contributed by atoms with Crippen molar-refractivity contribution in [1.29, 1.82) is 0 Å². The number of rotatable bonds is 4. The van der Waals surface area contributed by atoms with Gasteiger partial charge in [0.25, 0.3) is 0 Å². The third-order valence-corrected chi connectivity index (χ3v) is 3.08. The van der Waals surface area contributed by atoms with Crippen LogP contribution in [0.3, 0.4) is 0 Å². The van der Waals surface area contributed by atoms with Gasteiger partial charge in [-0.15, -0.1) is 24.0 Å². The number of benzene rings is 1. The average molecular weight is 405 g/mol. The maximum Gasteiger partial charge on any atom is 0.189 e. The summed E-state index contributed by atoms with van der Waals surface area (Å²) in [5.74, 6) is 1.33. The maximum absolute atomic E-state index is 13.2. The molecular weight excluding hydrogens is 384 g/mol. The van der Waals surface area contributed by atoms with Crippen LogP contribution in [0.1, 0.15) is 25.2 Å². The fourth-order valence-electron chi connectivity index (χ4n) is 1.92. The number of hydrogen-bond donors (Lipinski definition) is 2. The van der Waals surface area contributed by atoms with E-state index in [4.69, 9.17) is 10.2 Å². The topological polar surface area (TPSA) is 63.5 Å². The summed E-state index contributed by atoms with van der Waals surface area (Å²) >= 11 is 0. The van der Waals surface area contributed by atoms with Crippen LogP contribution in [0, 0.1) is 18.7 Å². The van der Waals surface area contributed by atoms with Gasteiger partial charge in [-0.25, -0.2) is 9.38 Å².